The van der Waals surface area contributed by atoms with Crippen LogP contribution in [-0.4, -0.2) is 33.1 Å². The maximum absolute atomic E-state index is 11.2. The van der Waals surface area contributed by atoms with Crippen LogP contribution in [0.1, 0.15) is 19.3 Å². The van der Waals surface area contributed by atoms with Gasteiger partial charge in [-0.3, -0.25) is 0 Å². The van der Waals surface area contributed by atoms with E-state index in [1.807, 2.05) is 0 Å². The number of ether oxygens (including phenoxy) is 1. The van der Waals surface area contributed by atoms with Crippen LogP contribution in [0.5, 0.6) is 0 Å². The number of hydrogen-bond acceptors (Lipinski definition) is 3. The van der Waals surface area contributed by atoms with E-state index in [-0.39, 0.29) is 5.41 Å². The zero-order valence-electron chi connectivity index (χ0n) is 7.08. The van der Waals surface area contributed by atoms with Gasteiger partial charge in [0.1, 0.15) is 0 Å². The van der Waals surface area contributed by atoms with Crippen molar-refractivity contribution < 1.29 is 13.2 Å². The summed E-state index contributed by atoms with van der Waals surface area (Å²) in [4.78, 5) is 0. The largest absolute Gasteiger partial charge is 0.381 e. The minimum Gasteiger partial charge on any atom is -0.381 e. The van der Waals surface area contributed by atoms with Crippen molar-refractivity contribution in [3.05, 3.63) is 0 Å². The second-order valence-corrected chi connectivity index (χ2v) is 6.18. The van der Waals surface area contributed by atoms with Crippen molar-refractivity contribution >= 4 is 9.84 Å². The Hall–Kier alpha value is -0.0900. The van der Waals surface area contributed by atoms with Gasteiger partial charge in [0.05, 0.1) is 18.1 Å². The number of sulfone groups is 1. The third-order valence-electron chi connectivity index (χ3n) is 2.87. The van der Waals surface area contributed by atoms with E-state index >= 15 is 0 Å². The summed E-state index contributed by atoms with van der Waals surface area (Å²) < 4.78 is 27.8. The molecule has 3 nitrogen and oxygen atoms in total. The molecule has 2 fully saturated rings. The zero-order valence-corrected chi connectivity index (χ0v) is 7.90. The molecule has 0 bridgehead atoms. The summed E-state index contributed by atoms with van der Waals surface area (Å²) in [6, 6.07) is 0. The van der Waals surface area contributed by atoms with Crippen LogP contribution >= 0.6 is 0 Å². The number of rotatable bonds is 0. The van der Waals surface area contributed by atoms with E-state index in [2.05, 4.69) is 0 Å². The summed E-state index contributed by atoms with van der Waals surface area (Å²) in [6.07, 6.45) is 2.87. The summed E-state index contributed by atoms with van der Waals surface area (Å²) >= 11 is 0. The summed E-state index contributed by atoms with van der Waals surface area (Å²) in [5.41, 5.74) is -0.00289. The highest BCUT2D eigenvalue weighted by molar-refractivity contribution is 7.91. The first kappa shape index (κ1) is 8.51. The molecule has 1 unspecified atom stereocenters. The molecule has 2 aliphatic rings. The van der Waals surface area contributed by atoms with Crippen LogP contribution in [0.2, 0.25) is 0 Å². The third kappa shape index (κ3) is 1.50. The monoisotopic (exact) mass is 190 g/mol. The molecule has 1 atom stereocenters. The average molecular weight is 190 g/mol. The van der Waals surface area contributed by atoms with E-state index < -0.39 is 9.84 Å². The van der Waals surface area contributed by atoms with Gasteiger partial charge < -0.3 is 4.74 Å². The molecule has 2 aliphatic heterocycles. The molecule has 12 heavy (non-hydrogen) atoms. The van der Waals surface area contributed by atoms with Gasteiger partial charge in [-0.2, -0.15) is 0 Å². The molecule has 0 radical (unpaired) electrons. The van der Waals surface area contributed by atoms with Gasteiger partial charge in [-0.05, 0) is 19.3 Å². The molecule has 2 saturated heterocycles. The van der Waals surface area contributed by atoms with Crippen molar-refractivity contribution in [1.82, 2.24) is 0 Å². The normalized spacial score (nSPS) is 40.3. The van der Waals surface area contributed by atoms with Crippen molar-refractivity contribution in [2.45, 2.75) is 19.3 Å². The third-order valence-corrected chi connectivity index (χ3v) is 4.75. The van der Waals surface area contributed by atoms with Crippen molar-refractivity contribution in [3.63, 3.8) is 0 Å². The molecule has 2 heterocycles. The average Bonchev–Trinajstić information content (AvgIpc) is 2.29. The second-order valence-electron chi connectivity index (χ2n) is 4.00. The van der Waals surface area contributed by atoms with E-state index in [4.69, 9.17) is 4.74 Å². The zero-order chi connectivity index (χ0) is 8.66. The van der Waals surface area contributed by atoms with Crippen LogP contribution in [0.3, 0.4) is 0 Å². The van der Waals surface area contributed by atoms with Crippen LogP contribution in [0.25, 0.3) is 0 Å². The molecule has 0 aromatic carbocycles. The van der Waals surface area contributed by atoms with Crippen LogP contribution in [0, 0.1) is 5.41 Å². The minimum absolute atomic E-state index is 0.00289. The van der Waals surface area contributed by atoms with Gasteiger partial charge in [0.15, 0.2) is 9.84 Å². The molecule has 0 aliphatic carbocycles. The van der Waals surface area contributed by atoms with Gasteiger partial charge in [-0.15, -0.1) is 0 Å². The molecule has 4 heteroatoms. The van der Waals surface area contributed by atoms with Gasteiger partial charge in [0.2, 0.25) is 0 Å². The molecular weight excluding hydrogens is 176 g/mol. The molecule has 2 rings (SSSR count). The Morgan fingerprint density at radius 2 is 2.08 bits per heavy atom. The predicted molar refractivity (Wildman–Crippen MR) is 45.8 cm³/mol. The van der Waals surface area contributed by atoms with Gasteiger partial charge in [0.25, 0.3) is 0 Å². The van der Waals surface area contributed by atoms with Gasteiger partial charge >= 0.3 is 0 Å². The summed E-state index contributed by atoms with van der Waals surface area (Å²) in [5, 5.41) is 0. The van der Waals surface area contributed by atoms with Crippen LogP contribution in [0.15, 0.2) is 0 Å². The Morgan fingerprint density at radius 3 is 2.58 bits per heavy atom. The number of hydrogen-bond donors (Lipinski definition) is 0. The summed E-state index contributed by atoms with van der Waals surface area (Å²) in [5.74, 6) is 0.732. The molecule has 0 N–H and O–H groups in total. The lowest BCUT2D eigenvalue weighted by atomic mass is 9.82. The van der Waals surface area contributed by atoms with Crippen LogP contribution in [-0.2, 0) is 14.6 Å². The Balaban J connectivity index is 2.13. The highest BCUT2D eigenvalue weighted by atomic mass is 32.2. The second kappa shape index (κ2) is 2.70. The minimum atomic E-state index is -2.73. The predicted octanol–water partition coefficient (Wildman–Crippen LogP) is 0.602. The molecular formula is C8H14O3S. The van der Waals surface area contributed by atoms with E-state index in [0.29, 0.717) is 18.1 Å². The highest BCUT2D eigenvalue weighted by Gasteiger charge is 2.43. The molecule has 0 saturated carbocycles. The SMILES string of the molecule is O=S1(=O)CCC2(CCCOC2)C1. The fourth-order valence-electron chi connectivity index (χ4n) is 2.20. The lowest BCUT2D eigenvalue weighted by molar-refractivity contribution is 0.00665. The highest BCUT2D eigenvalue weighted by Crippen LogP contribution is 2.39. The Kier molecular flexibility index (Phi) is 1.92. The summed E-state index contributed by atoms with van der Waals surface area (Å²) in [7, 11) is -2.73. The molecule has 0 aromatic rings. The first-order valence-corrected chi connectivity index (χ1v) is 6.22. The first-order chi connectivity index (χ1) is 5.62. The quantitative estimate of drug-likeness (QED) is 0.562. The molecule has 0 amide bonds. The maximum atomic E-state index is 11.2. The lowest BCUT2D eigenvalue weighted by Crippen LogP contribution is -2.32. The maximum Gasteiger partial charge on any atom is 0.150 e. The van der Waals surface area contributed by atoms with E-state index in [9.17, 15) is 8.42 Å². The Bertz CT molecular complexity index is 262. The van der Waals surface area contributed by atoms with E-state index in [1.54, 1.807) is 0 Å². The van der Waals surface area contributed by atoms with Crippen molar-refractivity contribution in [2.75, 3.05) is 24.7 Å². The van der Waals surface area contributed by atoms with Gasteiger partial charge in [-0.25, -0.2) is 8.42 Å². The standard InChI is InChI=1S/C8H14O3S/c9-12(10)5-3-8(7-12)2-1-4-11-6-8/h1-7H2. The Morgan fingerprint density at radius 1 is 1.25 bits per heavy atom. The molecule has 70 valence electrons. The van der Waals surface area contributed by atoms with E-state index in [0.717, 1.165) is 25.9 Å². The van der Waals surface area contributed by atoms with Crippen LogP contribution in [0.4, 0.5) is 0 Å². The van der Waals surface area contributed by atoms with Crippen molar-refractivity contribution in [3.8, 4) is 0 Å². The first-order valence-electron chi connectivity index (χ1n) is 4.40. The van der Waals surface area contributed by atoms with E-state index in [1.165, 1.54) is 0 Å². The van der Waals surface area contributed by atoms with Crippen molar-refractivity contribution in [1.29, 1.82) is 0 Å². The fraction of sp³-hybridized carbons (Fsp3) is 1.00. The Labute approximate surface area is 73.0 Å². The fourth-order valence-corrected chi connectivity index (χ4v) is 4.40. The van der Waals surface area contributed by atoms with Crippen LogP contribution < -0.4 is 0 Å². The lowest BCUT2D eigenvalue weighted by Gasteiger charge is -2.31. The summed E-state index contributed by atoms with van der Waals surface area (Å²) in [6.45, 7) is 1.47. The molecule has 1 spiro atoms. The van der Waals surface area contributed by atoms with Gasteiger partial charge in [0, 0.05) is 12.0 Å². The van der Waals surface area contributed by atoms with Crippen molar-refractivity contribution in [2.24, 2.45) is 5.41 Å². The smallest absolute Gasteiger partial charge is 0.150 e. The topological polar surface area (TPSA) is 43.4 Å². The molecule has 0 aromatic heterocycles. The van der Waals surface area contributed by atoms with Gasteiger partial charge in [-0.1, -0.05) is 0 Å².